The lowest BCUT2D eigenvalue weighted by atomic mass is 10.1. The van der Waals surface area contributed by atoms with Gasteiger partial charge >= 0.3 is 5.97 Å². The van der Waals surface area contributed by atoms with Crippen molar-refractivity contribution >= 4 is 23.5 Å². The molecule has 0 radical (unpaired) electrons. The lowest BCUT2D eigenvalue weighted by Crippen LogP contribution is -2.23. The van der Waals surface area contributed by atoms with E-state index < -0.39 is 35.0 Å². The zero-order valence-corrected chi connectivity index (χ0v) is 14.9. The molecule has 8 nitrogen and oxygen atoms in total. The predicted octanol–water partition coefficient (Wildman–Crippen LogP) is 2.50. The third-order valence-corrected chi connectivity index (χ3v) is 3.89. The first-order valence-corrected chi connectivity index (χ1v) is 8.43. The van der Waals surface area contributed by atoms with E-state index in [-0.39, 0.29) is 17.8 Å². The summed E-state index contributed by atoms with van der Waals surface area (Å²) in [6.07, 6.45) is 2.27. The van der Waals surface area contributed by atoms with Crippen molar-refractivity contribution in [2.24, 2.45) is 0 Å². The summed E-state index contributed by atoms with van der Waals surface area (Å²) in [5, 5.41) is 14.0. The molecule has 9 heteroatoms. The van der Waals surface area contributed by atoms with E-state index in [0.717, 1.165) is 30.1 Å². The average molecular weight is 394 g/mol. The number of anilines is 1. The third kappa shape index (κ3) is 4.78. The van der Waals surface area contributed by atoms with Gasteiger partial charge in [0.1, 0.15) is 5.82 Å². The third-order valence-electron chi connectivity index (χ3n) is 3.89. The van der Waals surface area contributed by atoms with Crippen molar-refractivity contribution in [1.29, 1.82) is 0 Å². The minimum atomic E-state index is -1.45. The van der Waals surface area contributed by atoms with Crippen LogP contribution >= 0.6 is 0 Å². The fraction of sp³-hybridized carbons (Fsp3) is 0.0500. The van der Waals surface area contributed by atoms with Crippen molar-refractivity contribution in [2.75, 3.05) is 5.32 Å². The SMILES string of the molecule is O=C(NCc1ccccc1)c1ccc(F)c(NC(=O)c2nccnc2C(=O)O)c1. The van der Waals surface area contributed by atoms with Crippen LogP contribution in [0.15, 0.2) is 60.9 Å². The van der Waals surface area contributed by atoms with Crippen LogP contribution in [0.1, 0.15) is 36.9 Å². The van der Waals surface area contributed by atoms with Gasteiger partial charge in [0.05, 0.1) is 5.69 Å². The van der Waals surface area contributed by atoms with Gasteiger partial charge in [0.15, 0.2) is 11.4 Å². The maximum absolute atomic E-state index is 14.1. The van der Waals surface area contributed by atoms with Gasteiger partial charge in [-0.05, 0) is 23.8 Å². The van der Waals surface area contributed by atoms with Crippen LogP contribution in [-0.4, -0.2) is 32.9 Å². The molecule has 0 fully saturated rings. The summed E-state index contributed by atoms with van der Waals surface area (Å²) in [6, 6.07) is 12.7. The molecule has 3 rings (SSSR count). The Bertz CT molecular complexity index is 1070. The Balaban J connectivity index is 1.76. The molecule has 0 bridgehead atoms. The molecule has 0 unspecified atom stereocenters. The minimum absolute atomic E-state index is 0.121. The molecule has 0 aliphatic heterocycles. The van der Waals surface area contributed by atoms with Gasteiger partial charge in [-0.25, -0.2) is 19.2 Å². The molecule has 0 aliphatic carbocycles. The van der Waals surface area contributed by atoms with E-state index in [1.54, 1.807) is 0 Å². The molecule has 146 valence electrons. The number of benzene rings is 2. The number of nitrogens with one attached hydrogen (secondary N) is 2. The van der Waals surface area contributed by atoms with Crippen LogP contribution < -0.4 is 10.6 Å². The van der Waals surface area contributed by atoms with Gasteiger partial charge in [-0.1, -0.05) is 30.3 Å². The number of carboxylic acids is 1. The summed E-state index contributed by atoms with van der Waals surface area (Å²) in [5.74, 6) is -3.66. The number of hydrogen-bond donors (Lipinski definition) is 3. The number of aromatic carboxylic acids is 1. The van der Waals surface area contributed by atoms with Crippen molar-refractivity contribution in [1.82, 2.24) is 15.3 Å². The van der Waals surface area contributed by atoms with Crippen LogP contribution in [0.25, 0.3) is 0 Å². The normalized spacial score (nSPS) is 10.2. The highest BCUT2D eigenvalue weighted by atomic mass is 19.1. The van der Waals surface area contributed by atoms with Crippen LogP contribution in [0.5, 0.6) is 0 Å². The number of carbonyl (C=O) groups excluding carboxylic acids is 2. The van der Waals surface area contributed by atoms with Gasteiger partial charge in [0, 0.05) is 24.5 Å². The second-order valence-corrected chi connectivity index (χ2v) is 5.88. The summed E-state index contributed by atoms with van der Waals surface area (Å²) in [7, 11) is 0. The zero-order valence-electron chi connectivity index (χ0n) is 14.9. The van der Waals surface area contributed by atoms with Crippen molar-refractivity contribution in [3.05, 3.63) is 89.3 Å². The number of carboxylic acid groups (broad SMARTS) is 1. The molecule has 2 amide bonds. The van der Waals surface area contributed by atoms with Crippen LogP contribution in [0.2, 0.25) is 0 Å². The molecule has 29 heavy (non-hydrogen) atoms. The van der Waals surface area contributed by atoms with Crippen molar-refractivity contribution in [2.45, 2.75) is 6.54 Å². The second-order valence-electron chi connectivity index (χ2n) is 5.88. The van der Waals surface area contributed by atoms with E-state index in [1.165, 1.54) is 6.07 Å². The molecule has 1 aromatic heterocycles. The molecule has 3 N–H and O–H groups in total. The Labute approximate surface area is 164 Å². The van der Waals surface area contributed by atoms with Crippen molar-refractivity contribution < 1.29 is 23.9 Å². The molecule has 2 aromatic carbocycles. The smallest absolute Gasteiger partial charge is 0.356 e. The van der Waals surface area contributed by atoms with Crippen molar-refractivity contribution in [3.8, 4) is 0 Å². The molecule has 0 spiro atoms. The van der Waals surface area contributed by atoms with E-state index in [2.05, 4.69) is 20.6 Å². The topological polar surface area (TPSA) is 121 Å². The molecule has 0 atom stereocenters. The van der Waals surface area contributed by atoms with Gasteiger partial charge in [-0.2, -0.15) is 0 Å². The molecule has 0 saturated heterocycles. The maximum atomic E-state index is 14.1. The highest BCUT2D eigenvalue weighted by Gasteiger charge is 2.21. The summed E-state index contributed by atoms with van der Waals surface area (Å²) >= 11 is 0. The molecular formula is C20H15FN4O4. The highest BCUT2D eigenvalue weighted by Crippen LogP contribution is 2.18. The second kappa shape index (κ2) is 8.70. The number of aromatic nitrogens is 2. The lowest BCUT2D eigenvalue weighted by Gasteiger charge is -2.10. The van der Waals surface area contributed by atoms with Gasteiger partial charge in [0.2, 0.25) is 0 Å². The first kappa shape index (κ1) is 19.6. The number of halogens is 1. The number of nitrogens with zero attached hydrogens (tertiary/aromatic N) is 2. The molecule has 3 aromatic rings. The van der Waals surface area contributed by atoms with E-state index in [9.17, 15) is 18.8 Å². The molecule has 1 heterocycles. The van der Waals surface area contributed by atoms with Crippen LogP contribution in [0.4, 0.5) is 10.1 Å². The first-order valence-electron chi connectivity index (χ1n) is 8.43. The first-order chi connectivity index (χ1) is 14.0. The zero-order chi connectivity index (χ0) is 20.8. The molecule has 0 saturated carbocycles. The predicted molar refractivity (Wildman–Crippen MR) is 101 cm³/mol. The summed E-state index contributed by atoms with van der Waals surface area (Å²) in [6.45, 7) is 0.278. The number of amides is 2. The summed E-state index contributed by atoms with van der Waals surface area (Å²) in [5.41, 5.74) is -0.319. The number of carbonyl (C=O) groups is 3. The quantitative estimate of drug-likeness (QED) is 0.591. The van der Waals surface area contributed by atoms with E-state index >= 15 is 0 Å². The Morgan fingerprint density at radius 2 is 1.62 bits per heavy atom. The van der Waals surface area contributed by atoms with E-state index in [0.29, 0.717) is 0 Å². The Morgan fingerprint density at radius 1 is 0.931 bits per heavy atom. The molecule has 0 aliphatic rings. The van der Waals surface area contributed by atoms with Crippen LogP contribution in [-0.2, 0) is 6.54 Å². The van der Waals surface area contributed by atoms with Crippen LogP contribution in [0.3, 0.4) is 0 Å². The highest BCUT2D eigenvalue weighted by molar-refractivity contribution is 6.09. The van der Waals surface area contributed by atoms with E-state index in [4.69, 9.17) is 5.11 Å². The fourth-order valence-corrected chi connectivity index (χ4v) is 2.48. The average Bonchev–Trinajstić information content (AvgIpc) is 2.74. The standard InChI is InChI=1S/C20H15FN4O4/c21-14-7-6-13(18(26)24-11-12-4-2-1-3-5-12)10-15(14)25-19(27)16-17(20(28)29)23-9-8-22-16/h1-10H,11H2,(H,24,26)(H,25,27)(H,28,29). The Hall–Kier alpha value is -4.14. The van der Waals surface area contributed by atoms with Gasteiger partial charge < -0.3 is 15.7 Å². The van der Waals surface area contributed by atoms with Gasteiger partial charge in [-0.3, -0.25) is 9.59 Å². The fourth-order valence-electron chi connectivity index (χ4n) is 2.48. The summed E-state index contributed by atoms with van der Waals surface area (Å²) in [4.78, 5) is 43.1. The maximum Gasteiger partial charge on any atom is 0.356 e. The van der Waals surface area contributed by atoms with Gasteiger partial charge in [0.25, 0.3) is 11.8 Å². The van der Waals surface area contributed by atoms with E-state index in [1.807, 2.05) is 30.3 Å². The van der Waals surface area contributed by atoms with Crippen LogP contribution in [0, 0.1) is 5.82 Å². The monoisotopic (exact) mass is 394 g/mol. The largest absolute Gasteiger partial charge is 0.476 e. The lowest BCUT2D eigenvalue weighted by molar-refractivity contribution is 0.0684. The number of rotatable bonds is 6. The molecular weight excluding hydrogens is 379 g/mol. The van der Waals surface area contributed by atoms with Crippen molar-refractivity contribution in [3.63, 3.8) is 0 Å². The summed E-state index contributed by atoms with van der Waals surface area (Å²) < 4.78 is 14.1. The Kier molecular flexibility index (Phi) is 5.88. The van der Waals surface area contributed by atoms with Gasteiger partial charge in [-0.15, -0.1) is 0 Å². The minimum Gasteiger partial charge on any atom is -0.476 e. The Morgan fingerprint density at radius 3 is 2.31 bits per heavy atom. The number of hydrogen-bond acceptors (Lipinski definition) is 5.